The van der Waals surface area contributed by atoms with Crippen LogP contribution in [0.5, 0.6) is 0 Å². The molecule has 3 rings (SSSR count). The monoisotopic (exact) mass is 344 g/mol. The molecule has 5 nitrogen and oxygen atoms in total. The average molecular weight is 344 g/mol. The fourth-order valence-electron chi connectivity index (χ4n) is 3.14. The van der Waals surface area contributed by atoms with Gasteiger partial charge in [-0.2, -0.15) is 0 Å². The van der Waals surface area contributed by atoms with Crippen LogP contribution in [0.1, 0.15) is 42.6 Å². The molecule has 1 amide bonds. The lowest BCUT2D eigenvalue weighted by Gasteiger charge is -2.13. The van der Waals surface area contributed by atoms with Gasteiger partial charge in [0.05, 0.1) is 11.4 Å². The number of aromatic nitrogens is 3. The summed E-state index contributed by atoms with van der Waals surface area (Å²) in [6, 6.07) is 6.69. The molecule has 1 fully saturated rings. The lowest BCUT2D eigenvalue weighted by atomic mass is 10.1. The highest BCUT2D eigenvalue weighted by molar-refractivity contribution is 7.99. The Labute approximate surface area is 147 Å². The molecule has 128 valence electrons. The number of carbonyl (C=O) groups is 1. The molecule has 0 saturated heterocycles. The Bertz CT molecular complexity index is 735. The van der Waals surface area contributed by atoms with Gasteiger partial charge in [0.1, 0.15) is 5.82 Å². The summed E-state index contributed by atoms with van der Waals surface area (Å²) in [4.78, 5) is 12.2. The largest absolute Gasteiger partial charge is 0.353 e. The Morgan fingerprint density at radius 3 is 2.75 bits per heavy atom. The van der Waals surface area contributed by atoms with Crippen molar-refractivity contribution in [1.82, 2.24) is 20.1 Å². The van der Waals surface area contributed by atoms with Gasteiger partial charge in [-0.1, -0.05) is 36.7 Å². The van der Waals surface area contributed by atoms with Crippen molar-refractivity contribution in [3.8, 4) is 5.69 Å². The van der Waals surface area contributed by atoms with Crippen molar-refractivity contribution < 1.29 is 4.79 Å². The second-order valence-corrected chi connectivity index (χ2v) is 7.44. The zero-order chi connectivity index (χ0) is 17.1. The van der Waals surface area contributed by atoms with Crippen LogP contribution < -0.4 is 5.32 Å². The Hall–Kier alpha value is -1.82. The molecular formula is C18H24N4OS. The Balaban J connectivity index is 1.73. The Morgan fingerprint density at radius 1 is 1.25 bits per heavy atom. The predicted molar refractivity (Wildman–Crippen MR) is 96.7 cm³/mol. The smallest absolute Gasteiger partial charge is 0.230 e. The van der Waals surface area contributed by atoms with E-state index in [0.29, 0.717) is 11.8 Å². The summed E-state index contributed by atoms with van der Waals surface area (Å²) in [7, 11) is 0. The topological polar surface area (TPSA) is 59.8 Å². The number of thioether (sulfide) groups is 1. The number of hydrogen-bond acceptors (Lipinski definition) is 4. The lowest BCUT2D eigenvalue weighted by molar-refractivity contribution is -0.119. The first-order chi connectivity index (χ1) is 11.5. The molecule has 24 heavy (non-hydrogen) atoms. The SMILES string of the molecule is Cc1ccc(C)c(-n2c(C)nnc2SCC(=O)NC2CCCC2)c1. The third kappa shape index (κ3) is 3.80. The van der Waals surface area contributed by atoms with Gasteiger partial charge in [-0.25, -0.2) is 0 Å². The summed E-state index contributed by atoms with van der Waals surface area (Å²) < 4.78 is 2.04. The zero-order valence-corrected chi connectivity index (χ0v) is 15.3. The Morgan fingerprint density at radius 2 is 2.00 bits per heavy atom. The molecule has 1 aromatic heterocycles. The number of amides is 1. The van der Waals surface area contributed by atoms with E-state index in [1.54, 1.807) is 0 Å². The molecule has 0 bridgehead atoms. The van der Waals surface area contributed by atoms with Crippen molar-refractivity contribution in [3.05, 3.63) is 35.2 Å². The van der Waals surface area contributed by atoms with Crippen LogP contribution in [0.4, 0.5) is 0 Å². The zero-order valence-electron chi connectivity index (χ0n) is 14.5. The van der Waals surface area contributed by atoms with E-state index in [2.05, 4.69) is 47.6 Å². The molecule has 1 N–H and O–H groups in total. The van der Waals surface area contributed by atoms with Crippen molar-refractivity contribution in [2.75, 3.05) is 5.75 Å². The molecular weight excluding hydrogens is 320 g/mol. The van der Waals surface area contributed by atoms with Crippen LogP contribution >= 0.6 is 11.8 Å². The molecule has 1 aromatic carbocycles. The summed E-state index contributed by atoms with van der Waals surface area (Å²) in [5, 5.41) is 12.4. The lowest BCUT2D eigenvalue weighted by Crippen LogP contribution is -2.33. The molecule has 2 aromatic rings. The third-order valence-corrected chi connectivity index (χ3v) is 5.38. The van der Waals surface area contributed by atoms with E-state index in [-0.39, 0.29) is 5.91 Å². The molecule has 6 heteroatoms. The maximum atomic E-state index is 12.2. The summed E-state index contributed by atoms with van der Waals surface area (Å²) >= 11 is 1.45. The molecule has 0 aliphatic heterocycles. The molecule has 1 aliphatic carbocycles. The summed E-state index contributed by atoms with van der Waals surface area (Å²) in [6.45, 7) is 6.09. The van der Waals surface area contributed by atoms with Crippen LogP contribution in [-0.4, -0.2) is 32.5 Å². The first-order valence-corrected chi connectivity index (χ1v) is 9.45. The highest BCUT2D eigenvalue weighted by atomic mass is 32.2. The predicted octanol–water partition coefficient (Wildman–Crippen LogP) is 3.34. The van der Waals surface area contributed by atoms with Gasteiger partial charge in [-0.15, -0.1) is 10.2 Å². The first kappa shape index (κ1) is 17.0. The molecule has 0 unspecified atom stereocenters. The van der Waals surface area contributed by atoms with Gasteiger partial charge < -0.3 is 5.32 Å². The minimum atomic E-state index is 0.0834. The van der Waals surface area contributed by atoms with Gasteiger partial charge in [0, 0.05) is 6.04 Å². The van der Waals surface area contributed by atoms with E-state index < -0.39 is 0 Å². The third-order valence-electron chi connectivity index (χ3n) is 4.45. The van der Waals surface area contributed by atoms with Gasteiger partial charge >= 0.3 is 0 Å². The second kappa shape index (κ2) is 7.38. The minimum Gasteiger partial charge on any atom is -0.353 e. The highest BCUT2D eigenvalue weighted by Crippen LogP contribution is 2.25. The number of benzene rings is 1. The molecule has 1 heterocycles. The van der Waals surface area contributed by atoms with Gasteiger partial charge in [0.25, 0.3) is 0 Å². The van der Waals surface area contributed by atoms with E-state index in [4.69, 9.17) is 0 Å². The average Bonchev–Trinajstić information content (AvgIpc) is 3.17. The minimum absolute atomic E-state index is 0.0834. The van der Waals surface area contributed by atoms with Crippen molar-refractivity contribution in [1.29, 1.82) is 0 Å². The first-order valence-electron chi connectivity index (χ1n) is 8.46. The number of carbonyl (C=O) groups excluding carboxylic acids is 1. The number of aryl methyl sites for hydroxylation is 3. The fraction of sp³-hybridized carbons (Fsp3) is 0.500. The van der Waals surface area contributed by atoms with Crippen LogP contribution in [0, 0.1) is 20.8 Å². The number of rotatable bonds is 5. The summed E-state index contributed by atoms with van der Waals surface area (Å²) in [5.74, 6) is 1.29. The van der Waals surface area contributed by atoms with E-state index >= 15 is 0 Å². The Kier molecular flexibility index (Phi) is 5.23. The summed E-state index contributed by atoms with van der Waals surface area (Å²) in [6.07, 6.45) is 4.65. The van der Waals surface area contributed by atoms with Crippen LogP contribution in [-0.2, 0) is 4.79 Å². The van der Waals surface area contributed by atoms with Gasteiger partial charge in [-0.05, 0) is 50.8 Å². The van der Waals surface area contributed by atoms with Crippen LogP contribution in [0.3, 0.4) is 0 Å². The van der Waals surface area contributed by atoms with Crippen molar-refractivity contribution in [2.45, 2.75) is 57.7 Å². The summed E-state index contributed by atoms with van der Waals surface area (Å²) in [5.41, 5.74) is 3.44. The van der Waals surface area contributed by atoms with E-state index in [9.17, 15) is 4.79 Å². The van der Waals surface area contributed by atoms with Crippen LogP contribution in [0.2, 0.25) is 0 Å². The highest BCUT2D eigenvalue weighted by Gasteiger charge is 2.19. The van der Waals surface area contributed by atoms with Gasteiger partial charge in [0.15, 0.2) is 5.16 Å². The second-order valence-electron chi connectivity index (χ2n) is 6.49. The maximum Gasteiger partial charge on any atom is 0.230 e. The number of nitrogens with zero attached hydrogens (tertiary/aromatic N) is 3. The molecule has 0 atom stereocenters. The fourth-order valence-corrected chi connectivity index (χ4v) is 3.95. The van der Waals surface area contributed by atoms with Crippen LogP contribution in [0.15, 0.2) is 23.4 Å². The number of nitrogens with one attached hydrogen (secondary N) is 1. The van der Waals surface area contributed by atoms with E-state index in [0.717, 1.165) is 29.5 Å². The molecule has 1 aliphatic rings. The maximum absolute atomic E-state index is 12.2. The van der Waals surface area contributed by atoms with Crippen molar-refractivity contribution in [2.24, 2.45) is 0 Å². The molecule has 0 radical (unpaired) electrons. The normalized spacial score (nSPS) is 15.0. The van der Waals surface area contributed by atoms with Crippen LogP contribution in [0.25, 0.3) is 5.69 Å². The van der Waals surface area contributed by atoms with E-state index in [1.807, 2.05) is 11.5 Å². The number of hydrogen-bond donors (Lipinski definition) is 1. The molecule has 1 saturated carbocycles. The van der Waals surface area contributed by atoms with Crippen molar-refractivity contribution in [3.63, 3.8) is 0 Å². The quantitative estimate of drug-likeness (QED) is 0.845. The van der Waals surface area contributed by atoms with Crippen molar-refractivity contribution >= 4 is 17.7 Å². The van der Waals surface area contributed by atoms with E-state index in [1.165, 1.54) is 35.7 Å². The molecule has 0 spiro atoms. The standard InChI is InChI=1S/C18H24N4OS/c1-12-8-9-13(2)16(10-12)22-14(3)20-21-18(22)24-11-17(23)19-15-6-4-5-7-15/h8-10,15H,4-7,11H2,1-3H3,(H,19,23). The van der Waals surface area contributed by atoms with Gasteiger partial charge in [-0.3, -0.25) is 9.36 Å². The van der Waals surface area contributed by atoms with Gasteiger partial charge in [0.2, 0.25) is 5.91 Å².